The zero-order chi connectivity index (χ0) is 19.1. The average molecular weight is 377 g/mol. The Kier molecular flexibility index (Phi) is 4.07. The molecule has 3 saturated carbocycles. The number of nitrogens with one attached hydrogen (secondary N) is 2. The van der Waals surface area contributed by atoms with Gasteiger partial charge in [-0.05, 0) is 48.9 Å². The molecule has 2 heterocycles. The highest BCUT2D eigenvalue weighted by molar-refractivity contribution is 5.98. The van der Waals surface area contributed by atoms with Gasteiger partial charge in [-0.2, -0.15) is 0 Å². The molecule has 2 amide bonds. The number of ether oxygens (including phenoxy) is 1. The van der Waals surface area contributed by atoms with Crippen molar-refractivity contribution in [3.63, 3.8) is 0 Å². The highest BCUT2D eigenvalue weighted by Crippen LogP contribution is 2.52. The number of para-hydroxylation sites is 1. The summed E-state index contributed by atoms with van der Waals surface area (Å²) in [7, 11) is 0. The van der Waals surface area contributed by atoms with Crippen LogP contribution in [0.5, 0.6) is 5.75 Å². The lowest BCUT2D eigenvalue weighted by Crippen LogP contribution is -2.66. The molecule has 3 aliphatic carbocycles. The Balaban J connectivity index is 1.30. The standard InChI is InChI=1S/C22H23N3O3/c26-20(24-13-14-4-3-9-23-12-14)18-10-16-8-7-15(18)11-22(16)25-21(27)17-5-1-2-6-19(17)28-22/h1-6,9,12,15-16,18H,7-8,10-11,13H2,(H,24,26)(H,25,27)/t15-,16+,18-,22+/m1/s1. The van der Waals surface area contributed by atoms with Gasteiger partial charge in [-0.25, -0.2) is 0 Å². The predicted octanol–water partition coefficient (Wildman–Crippen LogP) is 2.65. The molecule has 3 fully saturated rings. The molecule has 2 bridgehead atoms. The highest BCUT2D eigenvalue weighted by atomic mass is 16.5. The van der Waals surface area contributed by atoms with Crippen LogP contribution >= 0.6 is 0 Å². The summed E-state index contributed by atoms with van der Waals surface area (Å²) >= 11 is 0. The second kappa shape index (κ2) is 6.62. The number of fused-ring (bicyclic) bond motifs is 3. The number of benzene rings is 1. The van der Waals surface area contributed by atoms with Crippen LogP contribution in [0.25, 0.3) is 0 Å². The molecule has 2 aromatic rings. The first kappa shape index (κ1) is 17.2. The Morgan fingerprint density at radius 2 is 2.14 bits per heavy atom. The summed E-state index contributed by atoms with van der Waals surface area (Å²) in [6.45, 7) is 0.492. The summed E-state index contributed by atoms with van der Waals surface area (Å²) < 4.78 is 6.35. The van der Waals surface area contributed by atoms with E-state index in [0.717, 1.165) is 24.8 Å². The fourth-order valence-corrected chi connectivity index (χ4v) is 5.10. The minimum atomic E-state index is -0.672. The number of aromatic nitrogens is 1. The van der Waals surface area contributed by atoms with E-state index in [2.05, 4.69) is 15.6 Å². The molecule has 0 saturated heterocycles. The van der Waals surface area contributed by atoms with Crippen LogP contribution in [0.4, 0.5) is 0 Å². The van der Waals surface area contributed by atoms with Crippen molar-refractivity contribution < 1.29 is 14.3 Å². The molecule has 6 nitrogen and oxygen atoms in total. The summed E-state index contributed by atoms with van der Waals surface area (Å²) in [5, 5.41) is 6.20. The Morgan fingerprint density at radius 3 is 2.93 bits per heavy atom. The molecule has 4 atom stereocenters. The zero-order valence-electron chi connectivity index (χ0n) is 15.6. The largest absolute Gasteiger partial charge is 0.467 e. The molecule has 1 aliphatic heterocycles. The molecule has 0 radical (unpaired) electrons. The smallest absolute Gasteiger partial charge is 0.258 e. The predicted molar refractivity (Wildman–Crippen MR) is 102 cm³/mol. The van der Waals surface area contributed by atoms with Gasteiger partial charge in [0.2, 0.25) is 5.91 Å². The topological polar surface area (TPSA) is 80.3 Å². The van der Waals surface area contributed by atoms with Gasteiger partial charge in [-0.15, -0.1) is 0 Å². The van der Waals surface area contributed by atoms with E-state index in [0.29, 0.717) is 24.3 Å². The average Bonchev–Trinajstić information content (AvgIpc) is 2.73. The van der Waals surface area contributed by atoms with Crippen molar-refractivity contribution >= 4 is 11.8 Å². The number of carbonyl (C=O) groups is 2. The quantitative estimate of drug-likeness (QED) is 0.862. The number of pyridine rings is 1. The number of hydrogen-bond acceptors (Lipinski definition) is 4. The monoisotopic (exact) mass is 377 g/mol. The number of nitrogens with zero attached hydrogens (tertiary/aromatic N) is 1. The van der Waals surface area contributed by atoms with E-state index in [1.807, 2.05) is 30.3 Å². The molecule has 2 N–H and O–H groups in total. The Morgan fingerprint density at radius 1 is 1.25 bits per heavy atom. The molecular formula is C22H23N3O3. The van der Waals surface area contributed by atoms with Crippen LogP contribution in [-0.4, -0.2) is 22.5 Å². The fourth-order valence-electron chi connectivity index (χ4n) is 5.10. The second-order valence-electron chi connectivity index (χ2n) is 8.10. The van der Waals surface area contributed by atoms with Crippen LogP contribution in [-0.2, 0) is 11.3 Å². The fraction of sp³-hybridized carbons (Fsp3) is 0.409. The lowest BCUT2D eigenvalue weighted by atomic mass is 9.60. The summed E-state index contributed by atoms with van der Waals surface area (Å²) in [6, 6.07) is 11.2. The van der Waals surface area contributed by atoms with Crippen molar-refractivity contribution in [3.8, 4) is 5.75 Å². The molecule has 144 valence electrons. The number of hydrogen-bond donors (Lipinski definition) is 2. The van der Waals surface area contributed by atoms with E-state index in [1.165, 1.54) is 0 Å². The van der Waals surface area contributed by atoms with Crippen LogP contribution < -0.4 is 15.4 Å². The van der Waals surface area contributed by atoms with Gasteiger partial charge in [0.05, 0.1) is 5.56 Å². The lowest BCUT2D eigenvalue weighted by molar-refractivity contribution is -0.146. The first-order valence-corrected chi connectivity index (χ1v) is 9.92. The molecule has 4 aliphatic rings. The van der Waals surface area contributed by atoms with Crippen molar-refractivity contribution in [1.29, 1.82) is 0 Å². The Bertz CT molecular complexity index is 916. The Labute approximate surface area is 163 Å². The van der Waals surface area contributed by atoms with Crippen LogP contribution in [0.15, 0.2) is 48.8 Å². The first-order valence-electron chi connectivity index (χ1n) is 9.92. The van der Waals surface area contributed by atoms with Gasteiger partial charge in [0.25, 0.3) is 5.91 Å². The maximum atomic E-state index is 12.8. The van der Waals surface area contributed by atoms with Crippen molar-refractivity contribution in [2.24, 2.45) is 17.8 Å². The third-order valence-corrected chi connectivity index (χ3v) is 6.49. The van der Waals surface area contributed by atoms with Crippen molar-refractivity contribution in [1.82, 2.24) is 15.6 Å². The number of carbonyl (C=O) groups excluding carboxylic acids is 2. The zero-order valence-corrected chi connectivity index (χ0v) is 15.6. The van der Waals surface area contributed by atoms with E-state index in [-0.39, 0.29) is 29.6 Å². The van der Waals surface area contributed by atoms with Gasteiger partial charge >= 0.3 is 0 Å². The van der Waals surface area contributed by atoms with E-state index in [9.17, 15) is 9.59 Å². The first-order chi connectivity index (χ1) is 13.6. The molecule has 0 unspecified atom stereocenters. The molecule has 6 rings (SSSR count). The molecule has 1 spiro atoms. The van der Waals surface area contributed by atoms with Gasteiger partial charge in [0, 0.05) is 37.2 Å². The highest BCUT2D eigenvalue weighted by Gasteiger charge is 2.57. The van der Waals surface area contributed by atoms with E-state index < -0.39 is 5.72 Å². The van der Waals surface area contributed by atoms with Crippen LogP contribution in [0.1, 0.15) is 41.6 Å². The van der Waals surface area contributed by atoms with E-state index >= 15 is 0 Å². The van der Waals surface area contributed by atoms with Crippen LogP contribution in [0.3, 0.4) is 0 Å². The van der Waals surface area contributed by atoms with E-state index in [4.69, 9.17) is 4.74 Å². The SMILES string of the molecule is O=C1N[C@@]2(C[C@H]3CC[C@H]2C[C@H]3C(=O)NCc2cccnc2)Oc2ccccc21. The number of rotatable bonds is 3. The van der Waals surface area contributed by atoms with Gasteiger partial charge in [0.1, 0.15) is 5.75 Å². The third-order valence-electron chi connectivity index (χ3n) is 6.49. The minimum absolute atomic E-state index is 0.0290. The molecule has 1 aromatic heterocycles. The molecule has 1 aromatic carbocycles. The minimum Gasteiger partial charge on any atom is -0.467 e. The summed E-state index contributed by atoms with van der Waals surface area (Å²) in [5.74, 6) is 0.992. The normalized spacial score (nSPS) is 30.3. The van der Waals surface area contributed by atoms with Crippen molar-refractivity contribution in [2.75, 3.05) is 0 Å². The van der Waals surface area contributed by atoms with Crippen molar-refractivity contribution in [3.05, 3.63) is 59.9 Å². The lowest BCUT2D eigenvalue weighted by Gasteiger charge is -2.55. The van der Waals surface area contributed by atoms with Crippen LogP contribution in [0.2, 0.25) is 0 Å². The molecule has 6 heteroatoms. The van der Waals surface area contributed by atoms with Gasteiger partial charge < -0.3 is 15.4 Å². The third kappa shape index (κ3) is 2.84. The van der Waals surface area contributed by atoms with Crippen molar-refractivity contribution in [2.45, 2.75) is 38.0 Å². The summed E-state index contributed by atoms with van der Waals surface area (Å²) in [5.41, 5.74) is 0.905. The van der Waals surface area contributed by atoms with Gasteiger partial charge in [0.15, 0.2) is 5.72 Å². The Hall–Kier alpha value is -2.89. The maximum absolute atomic E-state index is 12.8. The van der Waals surface area contributed by atoms with Gasteiger partial charge in [-0.3, -0.25) is 14.6 Å². The van der Waals surface area contributed by atoms with E-state index in [1.54, 1.807) is 18.5 Å². The summed E-state index contributed by atoms with van der Waals surface area (Å²) in [6.07, 6.45) is 6.89. The second-order valence-corrected chi connectivity index (χ2v) is 8.10. The number of amides is 2. The maximum Gasteiger partial charge on any atom is 0.258 e. The summed E-state index contributed by atoms with van der Waals surface area (Å²) in [4.78, 5) is 29.6. The van der Waals surface area contributed by atoms with Crippen LogP contribution in [0, 0.1) is 17.8 Å². The molecule has 28 heavy (non-hydrogen) atoms. The van der Waals surface area contributed by atoms with Gasteiger partial charge in [-0.1, -0.05) is 18.2 Å². The molecular weight excluding hydrogens is 354 g/mol.